The second-order valence-electron chi connectivity index (χ2n) is 7.93. The van der Waals surface area contributed by atoms with E-state index >= 15 is 0 Å². The molecule has 0 saturated heterocycles. The van der Waals surface area contributed by atoms with Gasteiger partial charge in [0.1, 0.15) is 11.6 Å². The van der Waals surface area contributed by atoms with Crippen LogP contribution in [0.3, 0.4) is 0 Å². The molecule has 2 aromatic rings. The number of amides is 1. The Labute approximate surface area is 195 Å². The Hall–Kier alpha value is -3.33. The van der Waals surface area contributed by atoms with Crippen LogP contribution < -0.4 is 5.32 Å². The van der Waals surface area contributed by atoms with E-state index in [4.69, 9.17) is 9.15 Å². The molecular weight excluding hydrogens is 445 g/mol. The Morgan fingerprint density at radius 1 is 1.30 bits per heavy atom. The van der Waals surface area contributed by atoms with Crippen LogP contribution in [0.25, 0.3) is 0 Å². The molecule has 1 aromatic carbocycles. The lowest BCUT2D eigenvalue weighted by atomic mass is 9.93. The third kappa shape index (κ3) is 5.03. The molecule has 172 valence electrons. The van der Waals surface area contributed by atoms with Crippen molar-refractivity contribution in [2.75, 3.05) is 0 Å². The maximum Gasteiger partial charge on any atom is 0.338 e. The Kier molecular flexibility index (Phi) is 6.69. The number of amidine groups is 1. The molecule has 0 bridgehead atoms. The zero-order chi connectivity index (χ0) is 23.5. The first-order valence-corrected chi connectivity index (χ1v) is 11.4. The number of carbonyl (C=O) groups excluding carboxylic acids is 2. The number of furan rings is 1. The third-order valence-electron chi connectivity index (χ3n) is 5.11. The van der Waals surface area contributed by atoms with Gasteiger partial charge in [-0.25, -0.2) is 14.2 Å². The molecule has 7 nitrogen and oxygen atoms in total. The number of halogens is 1. The Balaban J connectivity index is 1.64. The zero-order valence-electron chi connectivity index (χ0n) is 18.5. The van der Waals surface area contributed by atoms with E-state index in [2.05, 4.69) is 10.3 Å². The van der Waals surface area contributed by atoms with Gasteiger partial charge in [-0.3, -0.25) is 4.79 Å². The Morgan fingerprint density at radius 2 is 2.12 bits per heavy atom. The van der Waals surface area contributed by atoms with E-state index in [1.807, 2.05) is 10.3 Å². The number of carbonyl (C=O) groups is 2. The smallest absolute Gasteiger partial charge is 0.338 e. The molecule has 2 aliphatic rings. The highest BCUT2D eigenvalue weighted by Crippen LogP contribution is 2.45. The SMILES string of the molecule is CC1=C(C(=O)OC(C)C)C(c2cccc(F)c2)N2C(CC(=O)NCc3ccco3)=CSC2=N1. The molecule has 1 unspecified atom stereocenters. The molecule has 0 radical (unpaired) electrons. The number of benzene rings is 1. The zero-order valence-corrected chi connectivity index (χ0v) is 19.3. The highest BCUT2D eigenvalue weighted by molar-refractivity contribution is 8.16. The van der Waals surface area contributed by atoms with Crippen LogP contribution in [0.2, 0.25) is 0 Å². The first-order chi connectivity index (χ1) is 15.8. The summed E-state index contributed by atoms with van der Waals surface area (Å²) in [7, 11) is 0. The predicted octanol–water partition coefficient (Wildman–Crippen LogP) is 4.65. The molecule has 1 amide bonds. The highest BCUT2D eigenvalue weighted by atomic mass is 32.2. The average Bonchev–Trinajstić information content (AvgIpc) is 3.41. The fourth-order valence-electron chi connectivity index (χ4n) is 3.73. The number of nitrogens with zero attached hydrogens (tertiary/aromatic N) is 2. The molecular formula is C24H24FN3O4S. The summed E-state index contributed by atoms with van der Waals surface area (Å²) in [6.07, 6.45) is 1.28. The molecule has 3 heterocycles. The highest BCUT2D eigenvalue weighted by Gasteiger charge is 2.41. The first-order valence-electron chi connectivity index (χ1n) is 10.5. The number of hydrogen-bond donors (Lipinski definition) is 1. The fourth-order valence-corrected chi connectivity index (χ4v) is 4.69. The molecule has 1 aromatic heterocycles. The molecule has 9 heteroatoms. The lowest BCUT2D eigenvalue weighted by Gasteiger charge is -2.36. The molecule has 1 N–H and O–H groups in total. The summed E-state index contributed by atoms with van der Waals surface area (Å²) < 4.78 is 24.9. The van der Waals surface area contributed by atoms with Crippen LogP contribution in [0.15, 0.2) is 74.4 Å². The van der Waals surface area contributed by atoms with Gasteiger partial charge in [0.05, 0.1) is 42.6 Å². The van der Waals surface area contributed by atoms with Gasteiger partial charge in [-0.2, -0.15) is 0 Å². The van der Waals surface area contributed by atoms with Gasteiger partial charge >= 0.3 is 5.97 Å². The lowest BCUT2D eigenvalue weighted by Crippen LogP contribution is -2.38. The van der Waals surface area contributed by atoms with Crippen molar-refractivity contribution >= 4 is 28.8 Å². The van der Waals surface area contributed by atoms with E-state index in [1.54, 1.807) is 51.3 Å². The van der Waals surface area contributed by atoms with Gasteiger partial charge in [0.25, 0.3) is 0 Å². The number of thioether (sulfide) groups is 1. The maximum absolute atomic E-state index is 14.2. The number of esters is 1. The van der Waals surface area contributed by atoms with Crippen LogP contribution in [0, 0.1) is 5.82 Å². The molecule has 33 heavy (non-hydrogen) atoms. The monoisotopic (exact) mass is 469 g/mol. The van der Waals surface area contributed by atoms with Crippen molar-refractivity contribution in [3.63, 3.8) is 0 Å². The van der Waals surface area contributed by atoms with Gasteiger partial charge in [0.15, 0.2) is 5.17 Å². The summed E-state index contributed by atoms with van der Waals surface area (Å²) in [4.78, 5) is 32.1. The van der Waals surface area contributed by atoms with Crippen molar-refractivity contribution in [3.05, 3.63) is 82.2 Å². The summed E-state index contributed by atoms with van der Waals surface area (Å²) in [6, 6.07) is 8.95. The molecule has 2 aliphatic heterocycles. The van der Waals surface area contributed by atoms with Crippen LogP contribution in [-0.2, 0) is 20.9 Å². The summed E-state index contributed by atoms with van der Waals surface area (Å²) in [6.45, 7) is 5.54. The number of rotatable bonds is 7. The van der Waals surface area contributed by atoms with Crippen LogP contribution in [0.4, 0.5) is 4.39 Å². The van der Waals surface area contributed by atoms with Gasteiger partial charge in [0.2, 0.25) is 5.91 Å². The van der Waals surface area contributed by atoms with Gasteiger partial charge in [-0.1, -0.05) is 23.9 Å². The topological polar surface area (TPSA) is 84.1 Å². The normalized spacial score (nSPS) is 17.6. The minimum atomic E-state index is -0.668. The third-order valence-corrected chi connectivity index (χ3v) is 6.00. The molecule has 0 fully saturated rings. The van der Waals surface area contributed by atoms with E-state index in [0.717, 1.165) is 0 Å². The van der Waals surface area contributed by atoms with E-state index in [0.29, 0.717) is 33.5 Å². The Morgan fingerprint density at radius 3 is 2.82 bits per heavy atom. The molecule has 1 atom stereocenters. The number of hydrogen-bond acceptors (Lipinski definition) is 7. The predicted molar refractivity (Wildman–Crippen MR) is 123 cm³/mol. The maximum atomic E-state index is 14.2. The summed E-state index contributed by atoms with van der Waals surface area (Å²) >= 11 is 1.36. The Bertz CT molecular complexity index is 1150. The van der Waals surface area contributed by atoms with E-state index < -0.39 is 17.8 Å². The van der Waals surface area contributed by atoms with E-state index in [1.165, 1.54) is 23.9 Å². The van der Waals surface area contributed by atoms with Crippen molar-refractivity contribution in [1.82, 2.24) is 10.2 Å². The molecule has 4 rings (SSSR count). The van der Waals surface area contributed by atoms with Crippen molar-refractivity contribution in [2.45, 2.75) is 45.9 Å². The minimum Gasteiger partial charge on any atom is -0.467 e. The van der Waals surface area contributed by atoms with E-state index in [9.17, 15) is 14.0 Å². The number of ether oxygens (including phenoxy) is 1. The summed E-state index contributed by atoms with van der Waals surface area (Å²) in [5, 5.41) is 5.28. The van der Waals surface area contributed by atoms with Crippen LogP contribution in [-0.4, -0.2) is 28.0 Å². The first kappa shape index (κ1) is 22.8. The molecule has 0 spiro atoms. The van der Waals surface area contributed by atoms with Crippen molar-refractivity contribution in [3.8, 4) is 0 Å². The van der Waals surface area contributed by atoms with Crippen molar-refractivity contribution < 1.29 is 23.1 Å². The van der Waals surface area contributed by atoms with Gasteiger partial charge in [-0.05, 0) is 56.0 Å². The number of aliphatic imine (C=N–C) groups is 1. The van der Waals surface area contributed by atoms with Crippen molar-refractivity contribution in [1.29, 1.82) is 0 Å². The standard InChI is InChI=1S/C24H24FN3O4S/c1-14(2)32-23(30)21-15(3)27-24-28(22(21)16-6-4-7-17(25)10-16)18(13-33-24)11-20(29)26-12-19-8-5-9-31-19/h4-10,13-14,22H,11-12H2,1-3H3,(H,26,29). The van der Waals surface area contributed by atoms with Crippen molar-refractivity contribution in [2.24, 2.45) is 4.99 Å². The quantitative estimate of drug-likeness (QED) is 0.594. The lowest BCUT2D eigenvalue weighted by molar-refractivity contribution is -0.143. The van der Waals surface area contributed by atoms with Gasteiger partial charge in [-0.15, -0.1) is 0 Å². The van der Waals surface area contributed by atoms with E-state index in [-0.39, 0.29) is 25.0 Å². The largest absolute Gasteiger partial charge is 0.467 e. The molecule has 0 aliphatic carbocycles. The number of allylic oxidation sites excluding steroid dienone is 1. The van der Waals surface area contributed by atoms with Gasteiger partial charge < -0.3 is 19.4 Å². The fraction of sp³-hybridized carbons (Fsp3) is 0.292. The van der Waals surface area contributed by atoms with Gasteiger partial charge in [0, 0.05) is 5.70 Å². The summed E-state index contributed by atoms with van der Waals surface area (Å²) in [5.74, 6) is -0.499. The second-order valence-corrected chi connectivity index (χ2v) is 8.77. The van der Waals surface area contributed by atoms with Crippen LogP contribution in [0.1, 0.15) is 44.6 Å². The second kappa shape index (κ2) is 9.66. The average molecular weight is 470 g/mol. The van der Waals surface area contributed by atoms with Crippen LogP contribution in [0.5, 0.6) is 0 Å². The number of nitrogens with one attached hydrogen (secondary N) is 1. The molecule has 0 saturated carbocycles. The summed E-state index contributed by atoms with van der Waals surface area (Å²) in [5.41, 5.74) is 2.06. The number of fused-ring (bicyclic) bond motifs is 1. The van der Waals surface area contributed by atoms with Crippen LogP contribution >= 0.6 is 11.8 Å². The minimum absolute atomic E-state index is 0.0596.